The predicted octanol–water partition coefficient (Wildman–Crippen LogP) is 0.424. The van der Waals surface area contributed by atoms with E-state index in [0.29, 0.717) is 0 Å². The van der Waals surface area contributed by atoms with Crippen LogP contribution in [0.5, 0.6) is 0 Å². The van der Waals surface area contributed by atoms with Crippen molar-refractivity contribution < 1.29 is 27.4 Å². The van der Waals surface area contributed by atoms with Gasteiger partial charge in [0.15, 0.2) is 6.29 Å². The largest absolute Gasteiger partial charge is 0.485 e. The number of carbonyl (C=O) groups is 1. The molecule has 0 aromatic rings. The molecule has 0 saturated heterocycles. The lowest BCUT2D eigenvalue weighted by atomic mass is 10.6. The van der Waals surface area contributed by atoms with Gasteiger partial charge in [0.25, 0.3) is 0 Å². The number of methoxy groups -OCH3 is 2. The average molecular weight is 216 g/mol. The Hall–Kier alpha value is -1.02. The molecule has 5 nitrogen and oxygen atoms in total. The Morgan fingerprint density at radius 3 is 2.21 bits per heavy atom. The van der Waals surface area contributed by atoms with E-state index in [1.807, 2.05) is 5.32 Å². The fourth-order valence-corrected chi connectivity index (χ4v) is 0.612. The molecule has 0 bridgehead atoms. The van der Waals surface area contributed by atoms with Crippen LogP contribution in [0, 0.1) is 0 Å². The molecule has 0 aliphatic carbocycles. The highest BCUT2D eigenvalue weighted by atomic mass is 19.4. The molecule has 0 unspecified atom stereocenters. The number of rotatable bonds is 4. The van der Waals surface area contributed by atoms with Crippen LogP contribution >= 0.6 is 0 Å². The molecule has 0 aliphatic rings. The summed E-state index contributed by atoms with van der Waals surface area (Å²) < 4.78 is 43.9. The summed E-state index contributed by atoms with van der Waals surface area (Å²) in [6, 6.07) is -1.35. The molecule has 84 valence electrons. The van der Waals surface area contributed by atoms with Gasteiger partial charge in [0, 0.05) is 14.2 Å². The van der Waals surface area contributed by atoms with Crippen molar-refractivity contribution in [3.8, 4) is 0 Å². The number of urea groups is 1. The number of hydrogen-bond donors (Lipinski definition) is 2. The van der Waals surface area contributed by atoms with E-state index >= 15 is 0 Å². The third-order valence-corrected chi connectivity index (χ3v) is 1.21. The van der Waals surface area contributed by atoms with Crippen molar-refractivity contribution in [1.29, 1.82) is 0 Å². The molecule has 14 heavy (non-hydrogen) atoms. The van der Waals surface area contributed by atoms with Crippen LogP contribution in [-0.2, 0) is 9.47 Å². The van der Waals surface area contributed by atoms with Crippen molar-refractivity contribution in [2.45, 2.75) is 12.6 Å². The van der Waals surface area contributed by atoms with E-state index in [4.69, 9.17) is 0 Å². The maximum atomic E-state index is 11.6. The third kappa shape index (κ3) is 6.49. The van der Waals surface area contributed by atoms with Crippen LogP contribution in [0.15, 0.2) is 0 Å². The average Bonchev–Trinajstić information content (AvgIpc) is 2.03. The van der Waals surface area contributed by atoms with Crippen molar-refractivity contribution >= 4 is 6.03 Å². The highest BCUT2D eigenvalue weighted by Crippen LogP contribution is 2.08. The lowest BCUT2D eigenvalue weighted by Crippen LogP contribution is -2.46. The van der Waals surface area contributed by atoms with Crippen molar-refractivity contribution in [2.75, 3.05) is 20.8 Å². The normalized spacial score (nSPS) is 11.6. The summed E-state index contributed by atoms with van der Waals surface area (Å²) >= 11 is 0. The molecule has 0 heterocycles. The van der Waals surface area contributed by atoms with Crippen LogP contribution in [0.1, 0.15) is 0 Å². The maximum Gasteiger partial charge on any atom is 0.485 e. The lowest BCUT2D eigenvalue weighted by Gasteiger charge is -2.15. The first kappa shape index (κ1) is 13.0. The first-order valence-electron chi connectivity index (χ1n) is 3.57. The molecular formula is C6H11F3N2O3. The second-order valence-electron chi connectivity index (χ2n) is 2.23. The third-order valence-electron chi connectivity index (χ3n) is 1.21. The minimum absolute atomic E-state index is 0.172. The molecule has 8 heteroatoms. The van der Waals surface area contributed by atoms with Gasteiger partial charge < -0.3 is 14.8 Å². The van der Waals surface area contributed by atoms with Crippen molar-refractivity contribution in [2.24, 2.45) is 0 Å². The Balaban J connectivity index is 3.74. The van der Waals surface area contributed by atoms with Gasteiger partial charge in [0.1, 0.15) is 0 Å². The summed E-state index contributed by atoms with van der Waals surface area (Å²) in [6.45, 7) is -0.172. The summed E-state index contributed by atoms with van der Waals surface area (Å²) in [4.78, 5) is 10.5. The van der Waals surface area contributed by atoms with Crippen molar-refractivity contribution in [3.05, 3.63) is 0 Å². The van der Waals surface area contributed by atoms with Gasteiger partial charge in [-0.05, 0) is 0 Å². The van der Waals surface area contributed by atoms with E-state index < -0.39 is 18.6 Å². The van der Waals surface area contributed by atoms with Crippen LogP contribution in [0.25, 0.3) is 0 Å². The van der Waals surface area contributed by atoms with Crippen LogP contribution in [0.3, 0.4) is 0 Å². The molecule has 0 fully saturated rings. The van der Waals surface area contributed by atoms with E-state index in [0.717, 1.165) is 5.32 Å². The summed E-state index contributed by atoms with van der Waals surface area (Å²) in [5, 5.41) is 2.68. The summed E-state index contributed by atoms with van der Waals surface area (Å²) in [7, 11) is 2.61. The van der Waals surface area contributed by atoms with E-state index in [1.54, 1.807) is 0 Å². The zero-order valence-electron chi connectivity index (χ0n) is 7.64. The number of alkyl halides is 3. The molecule has 0 aromatic carbocycles. The van der Waals surface area contributed by atoms with E-state index in [-0.39, 0.29) is 6.54 Å². The molecule has 0 saturated carbocycles. The Morgan fingerprint density at radius 1 is 1.36 bits per heavy atom. The molecule has 2 amide bonds. The SMILES string of the molecule is COC(CNC(=O)NC(F)(F)F)OC. The zero-order valence-corrected chi connectivity index (χ0v) is 7.64. The van der Waals surface area contributed by atoms with Gasteiger partial charge in [-0.25, -0.2) is 10.1 Å². The van der Waals surface area contributed by atoms with Crippen LogP contribution in [-0.4, -0.2) is 39.4 Å². The van der Waals surface area contributed by atoms with Gasteiger partial charge in [0.05, 0.1) is 6.54 Å². The Kier molecular flexibility index (Phi) is 5.24. The summed E-state index contributed by atoms with van der Waals surface area (Å²) in [6.07, 6.45) is -5.51. The van der Waals surface area contributed by atoms with Gasteiger partial charge in [-0.1, -0.05) is 0 Å². The second-order valence-corrected chi connectivity index (χ2v) is 2.23. The molecule has 2 N–H and O–H groups in total. The predicted molar refractivity (Wildman–Crippen MR) is 40.4 cm³/mol. The first-order chi connectivity index (χ1) is 6.39. The molecule has 0 rings (SSSR count). The van der Waals surface area contributed by atoms with Gasteiger partial charge in [-0.15, -0.1) is 0 Å². The standard InChI is InChI=1S/C6H11F3N2O3/c1-13-4(14-2)3-10-5(12)11-6(7,8)9/h4H,3H2,1-2H3,(H2,10,11,12). The smallest absolute Gasteiger partial charge is 0.354 e. The number of ether oxygens (including phenoxy) is 2. The Bertz CT molecular complexity index is 182. The number of hydrogen-bond acceptors (Lipinski definition) is 3. The zero-order chi connectivity index (χ0) is 11.2. The lowest BCUT2D eigenvalue weighted by molar-refractivity contribution is -0.146. The molecule has 0 aromatic heterocycles. The Labute approximate surface area is 78.5 Å². The van der Waals surface area contributed by atoms with Crippen LogP contribution in [0.4, 0.5) is 18.0 Å². The highest BCUT2D eigenvalue weighted by Gasteiger charge is 2.30. The number of halogens is 3. The number of nitrogens with one attached hydrogen (secondary N) is 2. The molecule has 0 radical (unpaired) electrons. The maximum absolute atomic E-state index is 11.6. The van der Waals surface area contributed by atoms with Crippen LogP contribution in [0.2, 0.25) is 0 Å². The molecule has 0 spiro atoms. The van der Waals surface area contributed by atoms with Gasteiger partial charge in [-0.3, -0.25) is 0 Å². The van der Waals surface area contributed by atoms with E-state index in [1.165, 1.54) is 14.2 Å². The van der Waals surface area contributed by atoms with E-state index in [2.05, 4.69) is 9.47 Å². The highest BCUT2D eigenvalue weighted by molar-refractivity contribution is 5.74. The van der Waals surface area contributed by atoms with Gasteiger partial charge >= 0.3 is 12.3 Å². The fourth-order valence-electron chi connectivity index (χ4n) is 0.612. The molecular weight excluding hydrogens is 205 g/mol. The summed E-state index contributed by atoms with van der Waals surface area (Å²) in [5.41, 5.74) is 0. The van der Waals surface area contributed by atoms with Crippen molar-refractivity contribution in [3.63, 3.8) is 0 Å². The fraction of sp³-hybridized carbons (Fsp3) is 0.833. The van der Waals surface area contributed by atoms with Crippen LogP contribution < -0.4 is 10.6 Å². The van der Waals surface area contributed by atoms with Crippen molar-refractivity contribution in [1.82, 2.24) is 10.6 Å². The Morgan fingerprint density at radius 2 is 1.86 bits per heavy atom. The van der Waals surface area contributed by atoms with Gasteiger partial charge in [-0.2, -0.15) is 13.2 Å². The molecule has 0 aliphatic heterocycles. The number of carbonyl (C=O) groups excluding carboxylic acids is 1. The quantitative estimate of drug-likeness (QED) is 0.529. The number of amides is 2. The minimum atomic E-state index is -4.74. The summed E-state index contributed by atoms with van der Waals surface area (Å²) in [5.74, 6) is 0. The van der Waals surface area contributed by atoms with Gasteiger partial charge in [0.2, 0.25) is 0 Å². The second kappa shape index (κ2) is 5.66. The first-order valence-corrected chi connectivity index (χ1v) is 3.57. The van der Waals surface area contributed by atoms with E-state index in [9.17, 15) is 18.0 Å². The molecule has 0 atom stereocenters. The monoisotopic (exact) mass is 216 g/mol. The topological polar surface area (TPSA) is 59.6 Å². The minimum Gasteiger partial charge on any atom is -0.354 e.